The summed E-state index contributed by atoms with van der Waals surface area (Å²) in [7, 11) is 0. The Morgan fingerprint density at radius 1 is 1.20 bits per heavy atom. The van der Waals surface area contributed by atoms with Crippen LogP contribution in [0.1, 0.15) is 64.7 Å². The van der Waals surface area contributed by atoms with E-state index in [2.05, 4.69) is 0 Å². The molecule has 1 spiro atoms. The average Bonchev–Trinajstić information content (AvgIpc) is 3.23. The topological polar surface area (TPSA) is 63.4 Å². The smallest absolute Gasteiger partial charge is 0.236 e. The zero-order valence-electron chi connectivity index (χ0n) is 12.5. The van der Waals surface area contributed by atoms with Gasteiger partial charge in [-0.3, -0.25) is 14.5 Å². The maximum Gasteiger partial charge on any atom is 0.236 e. The first-order valence-electron chi connectivity index (χ1n) is 8.11. The normalized spacial score (nSPS) is 29.6. The zero-order chi connectivity index (χ0) is 14.4. The number of carbonyl (C=O) groups is 2. The Kier molecular flexibility index (Phi) is 3.39. The molecule has 0 aromatic carbocycles. The number of rotatable bonds is 3. The van der Waals surface area contributed by atoms with E-state index >= 15 is 0 Å². The Morgan fingerprint density at radius 3 is 2.30 bits per heavy atom. The van der Waals surface area contributed by atoms with Crippen LogP contribution >= 0.6 is 0 Å². The summed E-state index contributed by atoms with van der Waals surface area (Å²) in [5, 5.41) is 0. The molecule has 0 radical (unpaired) electrons. The van der Waals surface area contributed by atoms with E-state index < -0.39 is 5.54 Å². The van der Waals surface area contributed by atoms with Crippen LogP contribution in [0, 0.1) is 11.3 Å². The van der Waals surface area contributed by atoms with Gasteiger partial charge in [0, 0.05) is 13.0 Å². The average molecular weight is 278 g/mol. The van der Waals surface area contributed by atoms with Gasteiger partial charge in [0.05, 0.1) is 11.0 Å². The van der Waals surface area contributed by atoms with E-state index in [0.717, 1.165) is 38.5 Å². The maximum absolute atomic E-state index is 13.0. The molecule has 1 unspecified atom stereocenters. The second-order valence-corrected chi connectivity index (χ2v) is 7.24. The molecule has 2 aliphatic carbocycles. The fourth-order valence-electron chi connectivity index (χ4n) is 4.25. The fraction of sp³-hybridized carbons (Fsp3) is 0.875. The van der Waals surface area contributed by atoms with Crippen molar-refractivity contribution in [3.63, 3.8) is 0 Å². The highest BCUT2D eigenvalue weighted by molar-refractivity contribution is 6.06. The summed E-state index contributed by atoms with van der Waals surface area (Å²) in [6.07, 6.45) is 8.94. The minimum Gasteiger partial charge on any atom is -0.328 e. The first-order chi connectivity index (χ1) is 9.53. The minimum absolute atomic E-state index is 0.0248. The second kappa shape index (κ2) is 4.83. The molecule has 1 saturated heterocycles. The molecule has 0 aromatic rings. The number of hydrogen-bond donors (Lipinski definition) is 1. The van der Waals surface area contributed by atoms with E-state index in [1.54, 1.807) is 4.90 Å². The van der Waals surface area contributed by atoms with Crippen LogP contribution in [0.15, 0.2) is 0 Å². The van der Waals surface area contributed by atoms with Crippen molar-refractivity contribution in [3.05, 3.63) is 0 Å². The van der Waals surface area contributed by atoms with Crippen molar-refractivity contribution >= 4 is 11.8 Å². The lowest BCUT2D eigenvalue weighted by molar-refractivity contribution is -0.149. The van der Waals surface area contributed by atoms with Crippen LogP contribution < -0.4 is 5.73 Å². The molecule has 3 fully saturated rings. The van der Waals surface area contributed by atoms with Crippen LogP contribution in [0.3, 0.4) is 0 Å². The SMILES string of the molecule is CC(CN)(C1CC1)N1C(=O)CC2(CCCCCC2)C1=O. The van der Waals surface area contributed by atoms with Crippen LogP contribution in [-0.2, 0) is 9.59 Å². The van der Waals surface area contributed by atoms with Crippen LogP contribution in [-0.4, -0.2) is 28.8 Å². The second-order valence-electron chi connectivity index (χ2n) is 7.24. The van der Waals surface area contributed by atoms with Gasteiger partial charge in [-0.2, -0.15) is 0 Å². The number of hydrogen-bond acceptors (Lipinski definition) is 3. The van der Waals surface area contributed by atoms with E-state index in [1.165, 1.54) is 12.8 Å². The number of nitrogens with two attached hydrogens (primary N) is 1. The molecule has 3 rings (SSSR count). The van der Waals surface area contributed by atoms with E-state index in [4.69, 9.17) is 5.73 Å². The molecular formula is C16H26N2O2. The third-order valence-corrected chi connectivity index (χ3v) is 5.84. The molecule has 3 aliphatic rings. The minimum atomic E-state index is -0.441. The first kappa shape index (κ1) is 14.1. The van der Waals surface area contributed by atoms with Gasteiger partial charge in [-0.1, -0.05) is 25.7 Å². The van der Waals surface area contributed by atoms with Gasteiger partial charge in [-0.05, 0) is 38.5 Å². The van der Waals surface area contributed by atoms with Gasteiger partial charge in [0.1, 0.15) is 0 Å². The lowest BCUT2D eigenvalue weighted by Gasteiger charge is -2.38. The Labute approximate surface area is 121 Å². The van der Waals surface area contributed by atoms with Gasteiger partial charge >= 0.3 is 0 Å². The fourth-order valence-corrected chi connectivity index (χ4v) is 4.25. The molecule has 2 saturated carbocycles. The number of carbonyl (C=O) groups excluding carboxylic acids is 2. The van der Waals surface area contributed by atoms with Gasteiger partial charge in [0.25, 0.3) is 0 Å². The van der Waals surface area contributed by atoms with Crippen molar-refractivity contribution < 1.29 is 9.59 Å². The molecule has 0 aromatic heterocycles. The molecule has 112 valence electrons. The molecule has 4 heteroatoms. The van der Waals surface area contributed by atoms with E-state index in [9.17, 15) is 9.59 Å². The zero-order valence-corrected chi connectivity index (χ0v) is 12.5. The molecule has 4 nitrogen and oxygen atoms in total. The highest BCUT2D eigenvalue weighted by Gasteiger charge is 2.58. The van der Waals surface area contributed by atoms with Crippen LogP contribution in [0.25, 0.3) is 0 Å². The molecule has 20 heavy (non-hydrogen) atoms. The highest BCUT2D eigenvalue weighted by Crippen LogP contribution is 2.50. The summed E-state index contributed by atoms with van der Waals surface area (Å²) in [5.41, 5.74) is 5.12. The Bertz CT molecular complexity index is 422. The van der Waals surface area contributed by atoms with Crippen LogP contribution in [0.4, 0.5) is 0 Å². The van der Waals surface area contributed by atoms with E-state index in [-0.39, 0.29) is 17.2 Å². The van der Waals surface area contributed by atoms with E-state index in [1.807, 2.05) is 6.92 Å². The molecule has 1 atom stereocenters. The predicted molar refractivity (Wildman–Crippen MR) is 76.8 cm³/mol. The summed E-state index contributed by atoms with van der Waals surface area (Å²) in [5.74, 6) is 0.530. The molecule has 1 heterocycles. The van der Waals surface area contributed by atoms with Crippen molar-refractivity contribution in [3.8, 4) is 0 Å². The summed E-state index contributed by atoms with van der Waals surface area (Å²) < 4.78 is 0. The number of nitrogens with zero attached hydrogens (tertiary/aromatic N) is 1. The van der Waals surface area contributed by atoms with Crippen molar-refractivity contribution in [1.29, 1.82) is 0 Å². The van der Waals surface area contributed by atoms with Gasteiger partial charge in [0.15, 0.2) is 0 Å². The monoisotopic (exact) mass is 278 g/mol. The largest absolute Gasteiger partial charge is 0.328 e. The van der Waals surface area contributed by atoms with Crippen molar-refractivity contribution in [2.24, 2.45) is 17.1 Å². The number of amides is 2. The van der Waals surface area contributed by atoms with Crippen molar-refractivity contribution in [2.45, 2.75) is 70.3 Å². The summed E-state index contributed by atoms with van der Waals surface area (Å²) in [6.45, 7) is 2.40. The molecule has 2 amide bonds. The third-order valence-electron chi connectivity index (χ3n) is 5.84. The lowest BCUT2D eigenvalue weighted by atomic mass is 9.78. The van der Waals surface area contributed by atoms with Crippen LogP contribution in [0.5, 0.6) is 0 Å². The van der Waals surface area contributed by atoms with Gasteiger partial charge in [0.2, 0.25) is 11.8 Å². The van der Waals surface area contributed by atoms with E-state index in [0.29, 0.717) is 18.9 Å². The quantitative estimate of drug-likeness (QED) is 0.805. The van der Waals surface area contributed by atoms with Gasteiger partial charge in [-0.15, -0.1) is 0 Å². The number of likely N-dealkylation sites (tertiary alicyclic amines) is 1. The molecule has 1 aliphatic heterocycles. The predicted octanol–water partition coefficient (Wildman–Crippen LogP) is 2.21. The molecular weight excluding hydrogens is 252 g/mol. The van der Waals surface area contributed by atoms with Crippen molar-refractivity contribution in [2.75, 3.05) is 6.54 Å². The highest BCUT2D eigenvalue weighted by atomic mass is 16.2. The number of imide groups is 1. The summed E-state index contributed by atoms with van der Waals surface area (Å²) in [6, 6.07) is 0. The molecule has 0 bridgehead atoms. The van der Waals surface area contributed by atoms with Gasteiger partial charge in [-0.25, -0.2) is 0 Å². The Hall–Kier alpha value is -0.900. The first-order valence-corrected chi connectivity index (χ1v) is 8.11. The maximum atomic E-state index is 13.0. The lowest BCUT2D eigenvalue weighted by Crippen LogP contribution is -2.56. The Balaban J connectivity index is 1.89. The Morgan fingerprint density at radius 2 is 1.80 bits per heavy atom. The molecule has 2 N–H and O–H groups in total. The standard InChI is InChI=1S/C16H26N2O2/c1-15(11-17,12-6-7-12)18-13(19)10-16(14(18)20)8-4-2-3-5-9-16/h12H,2-11,17H2,1H3. The van der Waals surface area contributed by atoms with Gasteiger partial charge < -0.3 is 5.73 Å². The van der Waals surface area contributed by atoms with Crippen LogP contribution in [0.2, 0.25) is 0 Å². The summed E-state index contributed by atoms with van der Waals surface area (Å²) >= 11 is 0. The summed E-state index contributed by atoms with van der Waals surface area (Å²) in [4.78, 5) is 27.2. The van der Waals surface area contributed by atoms with Crippen molar-refractivity contribution in [1.82, 2.24) is 4.90 Å². The third kappa shape index (κ3) is 2.00.